The maximum atomic E-state index is 13.1. The molecule has 0 aliphatic heterocycles. The van der Waals surface area contributed by atoms with Gasteiger partial charge >= 0.3 is 0 Å². The van der Waals surface area contributed by atoms with Gasteiger partial charge in [-0.2, -0.15) is 0 Å². The lowest BCUT2D eigenvalue weighted by atomic mass is 10.1. The first kappa shape index (κ1) is 13.2. The number of aromatic hydroxyl groups is 1. The highest BCUT2D eigenvalue weighted by Gasteiger charge is 2.13. The second-order valence-electron chi connectivity index (χ2n) is 3.85. The van der Waals surface area contributed by atoms with Gasteiger partial charge in [0.05, 0.1) is 16.3 Å². The Balaban J connectivity index is 2.30. The highest BCUT2D eigenvalue weighted by molar-refractivity contribution is 6.34. The summed E-state index contributed by atoms with van der Waals surface area (Å²) in [6.07, 6.45) is 0. The van der Waals surface area contributed by atoms with Crippen LogP contribution in [0.3, 0.4) is 0 Å². The van der Waals surface area contributed by atoms with E-state index in [1.807, 2.05) is 0 Å². The van der Waals surface area contributed by atoms with Crippen LogP contribution in [0.4, 0.5) is 15.8 Å². The van der Waals surface area contributed by atoms with E-state index >= 15 is 0 Å². The molecule has 0 atom stereocenters. The highest BCUT2D eigenvalue weighted by atomic mass is 35.5. The van der Waals surface area contributed by atoms with Crippen molar-refractivity contribution < 1.29 is 14.3 Å². The molecule has 1 amide bonds. The number of nitrogens with one attached hydrogen (secondary N) is 1. The Morgan fingerprint density at radius 2 is 2.00 bits per heavy atom. The van der Waals surface area contributed by atoms with Crippen molar-refractivity contribution >= 4 is 28.9 Å². The monoisotopic (exact) mass is 280 g/mol. The van der Waals surface area contributed by atoms with Crippen molar-refractivity contribution in [1.29, 1.82) is 0 Å². The Morgan fingerprint density at radius 1 is 1.26 bits per heavy atom. The molecule has 2 aromatic rings. The number of anilines is 2. The number of nitrogens with two attached hydrogens (primary N) is 1. The van der Waals surface area contributed by atoms with Crippen LogP contribution in [0.15, 0.2) is 36.4 Å². The van der Waals surface area contributed by atoms with Gasteiger partial charge < -0.3 is 16.2 Å². The van der Waals surface area contributed by atoms with Crippen molar-refractivity contribution in [1.82, 2.24) is 0 Å². The minimum absolute atomic E-state index is 0.0836. The number of phenols is 1. The van der Waals surface area contributed by atoms with Crippen LogP contribution < -0.4 is 11.1 Å². The van der Waals surface area contributed by atoms with E-state index in [0.29, 0.717) is 0 Å². The van der Waals surface area contributed by atoms with Crippen molar-refractivity contribution in [3.05, 3.63) is 52.8 Å². The minimum atomic E-state index is -0.582. The Hall–Kier alpha value is -2.27. The summed E-state index contributed by atoms with van der Waals surface area (Å²) in [5.74, 6) is -1.20. The molecule has 2 rings (SSSR count). The fourth-order valence-corrected chi connectivity index (χ4v) is 1.69. The van der Waals surface area contributed by atoms with Crippen LogP contribution >= 0.6 is 11.6 Å². The molecule has 0 aliphatic carbocycles. The van der Waals surface area contributed by atoms with Crippen molar-refractivity contribution in [3.8, 4) is 5.75 Å². The summed E-state index contributed by atoms with van der Waals surface area (Å²) in [5, 5.41) is 12.0. The molecule has 98 valence electrons. The predicted molar refractivity (Wildman–Crippen MR) is 71.9 cm³/mol. The Labute approximate surface area is 113 Å². The third kappa shape index (κ3) is 2.95. The molecule has 0 unspecified atom stereocenters. The van der Waals surface area contributed by atoms with Gasteiger partial charge in [-0.1, -0.05) is 11.6 Å². The summed E-state index contributed by atoms with van der Waals surface area (Å²) in [5.41, 5.74) is 6.05. The van der Waals surface area contributed by atoms with E-state index in [0.717, 1.165) is 6.07 Å². The zero-order chi connectivity index (χ0) is 14.0. The van der Waals surface area contributed by atoms with Crippen LogP contribution in [0.2, 0.25) is 5.02 Å². The lowest BCUT2D eigenvalue weighted by Crippen LogP contribution is -2.14. The average molecular weight is 281 g/mol. The number of benzene rings is 2. The van der Waals surface area contributed by atoms with E-state index in [2.05, 4.69) is 5.32 Å². The number of carbonyl (C=O) groups excluding carboxylic acids is 1. The van der Waals surface area contributed by atoms with E-state index in [1.54, 1.807) is 0 Å². The first-order valence-electron chi connectivity index (χ1n) is 5.32. The van der Waals surface area contributed by atoms with Gasteiger partial charge in [0, 0.05) is 5.69 Å². The van der Waals surface area contributed by atoms with Gasteiger partial charge in [-0.15, -0.1) is 0 Å². The Kier molecular flexibility index (Phi) is 3.57. The molecular weight excluding hydrogens is 271 g/mol. The predicted octanol–water partition coefficient (Wildman–Crippen LogP) is 3.02. The molecule has 4 N–H and O–H groups in total. The molecule has 0 saturated heterocycles. The summed E-state index contributed by atoms with van der Waals surface area (Å²) >= 11 is 5.84. The zero-order valence-corrected chi connectivity index (χ0v) is 10.4. The molecule has 6 heteroatoms. The number of hydrogen-bond acceptors (Lipinski definition) is 3. The standard InChI is InChI=1S/C13H10ClFN2O2/c14-10-3-1-7(15)5-12(10)17-13(19)9-6-8(18)2-4-11(9)16/h1-6,18H,16H2,(H,17,19). The molecule has 0 aromatic heterocycles. The SMILES string of the molecule is Nc1ccc(O)cc1C(=O)Nc1cc(F)ccc1Cl. The van der Waals surface area contributed by atoms with Crippen LogP contribution in [0.1, 0.15) is 10.4 Å². The number of amides is 1. The van der Waals surface area contributed by atoms with Crippen molar-refractivity contribution in [2.45, 2.75) is 0 Å². The molecule has 4 nitrogen and oxygen atoms in total. The molecule has 0 radical (unpaired) electrons. The van der Waals surface area contributed by atoms with Gasteiger partial charge in [0.2, 0.25) is 0 Å². The summed E-state index contributed by atoms with van der Waals surface area (Å²) in [6, 6.07) is 7.59. The van der Waals surface area contributed by atoms with Crippen molar-refractivity contribution in [2.75, 3.05) is 11.1 Å². The molecule has 0 heterocycles. The molecule has 0 fully saturated rings. The third-order valence-electron chi connectivity index (χ3n) is 2.46. The van der Waals surface area contributed by atoms with Crippen LogP contribution in [0, 0.1) is 5.82 Å². The maximum absolute atomic E-state index is 13.1. The summed E-state index contributed by atoms with van der Waals surface area (Å²) < 4.78 is 13.1. The molecule has 0 spiro atoms. The highest BCUT2D eigenvalue weighted by Crippen LogP contribution is 2.25. The number of hydrogen-bond donors (Lipinski definition) is 3. The van der Waals surface area contributed by atoms with E-state index in [4.69, 9.17) is 17.3 Å². The Bertz CT molecular complexity index is 647. The van der Waals surface area contributed by atoms with Crippen LogP contribution in [0.25, 0.3) is 0 Å². The van der Waals surface area contributed by atoms with E-state index < -0.39 is 11.7 Å². The summed E-state index contributed by atoms with van der Waals surface area (Å²) in [6.45, 7) is 0. The molecule has 19 heavy (non-hydrogen) atoms. The van der Waals surface area contributed by atoms with Gasteiger partial charge in [0.25, 0.3) is 5.91 Å². The normalized spacial score (nSPS) is 10.2. The second-order valence-corrected chi connectivity index (χ2v) is 4.26. The van der Waals surface area contributed by atoms with Crippen LogP contribution in [0.5, 0.6) is 5.75 Å². The number of nitrogen functional groups attached to an aromatic ring is 1. The number of halogens is 2. The number of rotatable bonds is 2. The molecule has 0 aliphatic rings. The van der Waals surface area contributed by atoms with Crippen LogP contribution in [-0.4, -0.2) is 11.0 Å². The fourth-order valence-electron chi connectivity index (χ4n) is 1.52. The van der Waals surface area contributed by atoms with Gasteiger partial charge in [-0.3, -0.25) is 4.79 Å². The summed E-state index contributed by atoms with van der Waals surface area (Å²) in [7, 11) is 0. The summed E-state index contributed by atoms with van der Waals surface area (Å²) in [4.78, 5) is 12.0. The third-order valence-corrected chi connectivity index (χ3v) is 2.79. The van der Waals surface area contributed by atoms with Gasteiger partial charge in [-0.25, -0.2) is 4.39 Å². The number of carbonyl (C=O) groups is 1. The first-order valence-corrected chi connectivity index (χ1v) is 5.70. The zero-order valence-electron chi connectivity index (χ0n) is 9.65. The fraction of sp³-hybridized carbons (Fsp3) is 0. The molecular formula is C13H10ClFN2O2. The lowest BCUT2D eigenvalue weighted by molar-refractivity contribution is 0.102. The minimum Gasteiger partial charge on any atom is -0.508 e. The first-order chi connectivity index (χ1) is 8.97. The smallest absolute Gasteiger partial charge is 0.257 e. The van der Waals surface area contributed by atoms with Crippen molar-refractivity contribution in [2.24, 2.45) is 0 Å². The Morgan fingerprint density at radius 3 is 2.74 bits per heavy atom. The van der Waals surface area contributed by atoms with Gasteiger partial charge in [0.1, 0.15) is 11.6 Å². The van der Waals surface area contributed by atoms with E-state index in [-0.39, 0.29) is 27.7 Å². The topological polar surface area (TPSA) is 75.3 Å². The van der Waals surface area contributed by atoms with Crippen LogP contribution in [-0.2, 0) is 0 Å². The number of phenolic OH excluding ortho intramolecular Hbond substituents is 1. The molecule has 2 aromatic carbocycles. The average Bonchev–Trinajstić information content (AvgIpc) is 2.36. The van der Waals surface area contributed by atoms with E-state index in [1.165, 1.54) is 30.3 Å². The quantitative estimate of drug-likeness (QED) is 0.585. The maximum Gasteiger partial charge on any atom is 0.257 e. The van der Waals surface area contributed by atoms with E-state index in [9.17, 15) is 14.3 Å². The van der Waals surface area contributed by atoms with Crippen molar-refractivity contribution in [3.63, 3.8) is 0 Å². The second kappa shape index (κ2) is 5.16. The lowest BCUT2D eigenvalue weighted by Gasteiger charge is -2.09. The molecule has 0 bridgehead atoms. The van der Waals surface area contributed by atoms with Gasteiger partial charge in [0.15, 0.2) is 0 Å². The largest absolute Gasteiger partial charge is 0.508 e. The van der Waals surface area contributed by atoms with Gasteiger partial charge in [-0.05, 0) is 36.4 Å². The molecule has 0 saturated carbocycles.